The number of hydrogen-bond acceptors (Lipinski definition) is 4. The zero-order valence-electron chi connectivity index (χ0n) is 6.75. The van der Waals surface area contributed by atoms with Crippen LogP contribution in [0.15, 0.2) is 6.20 Å². The van der Waals surface area contributed by atoms with Crippen LogP contribution in [0.2, 0.25) is 5.15 Å². The first kappa shape index (κ1) is 9.22. The Morgan fingerprint density at radius 1 is 1.67 bits per heavy atom. The Morgan fingerprint density at radius 2 is 2.42 bits per heavy atom. The number of nitrogens with two attached hydrogens (primary N) is 1. The van der Waals surface area contributed by atoms with E-state index < -0.39 is 0 Å². The van der Waals surface area contributed by atoms with E-state index in [2.05, 4.69) is 9.97 Å². The maximum Gasteiger partial charge on any atom is 0.221 e. The average Bonchev–Trinajstić information content (AvgIpc) is 2.03. The largest absolute Gasteiger partial charge is 0.384 e. The summed E-state index contributed by atoms with van der Waals surface area (Å²) >= 11 is 5.78. The van der Waals surface area contributed by atoms with Crippen molar-refractivity contribution < 1.29 is 4.74 Å². The van der Waals surface area contributed by atoms with Gasteiger partial charge in [-0.1, -0.05) is 11.6 Å². The summed E-state index contributed by atoms with van der Waals surface area (Å²) in [6.07, 6.45) is 2.32. The van der Waals surface area contributed by atoms with Gasteiger partial charge in [-0.3, -0.25) is 0 Å². The zero-order valence-corrected chi connectivity index (χ0v) is 7.51. The monoisotopic (exact) mass is 187 g/mol. The molecule has 0 amide bonds. The topological polar surface area (TPSA) is 61.0 Å². The van der Waals surface area contributed by atoms with Crippen molar-refractivity contribution in [3.05, 3.63) is 16.9 Å². The van der Waals surface area contributed by atoms with E-state index in [1.165, 1.54) is 0 Å². The van der Waals surface area contributed by atoms with E-state index >= 15 is 0 Å². The maximum atomic E-state index is 5.78. The lowest BCUT2D eigenvalue weighted by Crippen LogP contribution is -2.01. The minimum atomic E-state index is 0.196. The molecule has 12 heavy (non-hydrogen) atoms. The summed E-state index contributed by atoms with van der Waals surface area (Å²) in [7, 11) is 1.63. The van der Waals surface area contributed by atoms with E-state index in [0.29, 0.717) is 18.2 Å². The molecule has 0 aromatic carbocycles. The average molecular weight is 188 g/mol. The van der Waals surface area contributed by atoms with Gasteiger partial charge in [0.05, 0.1) is 6.61 Å². The van der Waals surface area contributed by atoms with E-state index in [1.54, 1.807) is 13.3 Å². The number of aromatic nitrogens is 2. The molecule has 4 nitrogen and oxygen atoms in total. The molecule has 0 bridgehead atoms. The SMILES string of the molecule is COCCc1cnc(N)nc1Cl. The number of ether oxygens (including phenoxy) is 1. The predicted molar refractivity (Wildman–Crippen MR) is 47.0 cm³/mol. The van der Waals surface area contributed by atoms with Gasteiger partial charge in [0.2, 0.25) is 5.95 Å². The molecule has 5 heteroatoms. The number of hydrogen-bond donors (Lipinski definition) is 1. The van der Waals surface area contributed by atoms with Crippen LogP contribution in [0.5, 0.6) is 0 Å². The number of nitrogen functional groups attached to an aromatic ring is 1. The van der Waals surface area contributed by atoms with Crippen molar-refractivity contribution in [1.29, 1.82) is 0 Å². The van der Waals surface area contributed by atoms with Gasteiger partial charge in [-0.15, -0.1) is 0 Å². The molecule has 0 saturated heterocycles. The summed E-state index contributed by atoms with van der Waals surface area (Å²) in [4.78, 5) is 7.62. The molecule has 0 unspecified atom stereocenters. The van der Waals surface area contributed by atoms with Crippen molar-refractivity contribution in [2.45, 2.75) is 6.42 Å². The van der Waals surface area contributed by atoms with Gasteiger partial charge in [0.25, 0.3) is 0 Å². The summed E-state index contributed by atoms with van der Waals surface area (Å²) in [5.74, 6) is 0.196. The van der Waals surface area contributed by atoms with Crippen molar-refractivity contribution in [2.24, 2.45) is 0 Å². The van der Waals surface area contributed by atoms with E-state index in [1.807, 2.05) is 0 Å². The molecule has 2 N–H and O–H groups in total. The Balaban J connectivity index is 2.72. The number of anilines is 1. The van der Waals surface area contributed by atoms with Crippen molar-refractivity contribution in [2.75, 3.05) is 19.5 Å². The normalized spacial score (nSPS) is 10.2. The van der Waals surface area contributed by atoms with Crippen molar-refractivity contribution in [3.63, 3.8) is 0 Å². The van der Waals surface area contributed by atoms with Crippen LogP contribution < -0.4 is 5.73 Å². The van der Waals surface area contributed by atoms with E-state index in [4.69, 9.17) is 22.1 Å². The first-order valence-corrected chi connectivity index (χ1v) is 3.87. The van der Waals surface area contributed by atoms with Gasteiger partial charge in [-0.25, -0.2) is 9.97 Å². The molecule has 66 valence electrons. The van der Waals surface area contributed by atoms with Crippen LogP contribution in [-0.4, -0.2) is 23.7 Å². The third-order valence-electron chi connectivity index (χ3n) is 1.41. The molecule has 1 aromatic heterocycles. The molecule has 0 atom stereocenters. The summed E-state index contributed by atoms with van der Waals surface area (Å²) in [6, 6.07) is 0. The van der Waals surface area contributed by atoms with Crippen molar-refractivity contribution in [1.82, 2.24) is 9.97 Å². The van der Waals surface area contributed by atoms with Crippen LogP contribution in [0.1, 0.15) is 5.56 Å². The van der Waals surface area contributed by atoms with Crippen LogP contribution in [0.4, 0.5) is 5.95 Å². The predicted octanol–water partition coefficient (Wildman–Crippen LogP) is 0.901. The van der Waals surface area contributed by atoms with E-state index in [0.717, 1.165) is 5.56 Å². The fourth-order valence-corrected chi connectivity index (χ4v) is 1.01. The van der Waals surface area contributed by atoms with Crippen LogP contribution in [0, 0.1) is 0 Å². The summed E-state index contributed by atoms with van der Waals surface area (Å²) in [5, 5.41) is 0.402. The second-order valence-corrected chi connectivity index (χ2v) is 2.65. The Labute approximate surface area is 75.7 Å². The van der Waals surface area contributed by atoms with Gasteiger partial charge < -0.3 is 10.5 Å². The Kier molecular flexibility index (Phi) is 3.25. The van der Waals surface area contributed by atoms with E-state index in [-0.39, 0.29) is 5.95 Å². The van der Waals surface area contributed by atoms with Gasteiger partial charge in [-0.05, 0) is 0 Å². The highest BCUT2D eigenvalue weighted by molar-refractivity contribution is 6.30. The molecule has 0 saturated carbocycles. The highest BCUT2D eigenvalue weighted by atomic mass is 35.5. The van der Waals surface area contributed by atoms with Crippen LogP contribution in [-0.2, 0) is 11.2 Å². The van der Waals surface area contributed by atoms with Gasteiger partial charge >= 0.3 is 0 Å². The molecule has 0 aliphatic rings. The van der Waals surface area contributed by atoms with Crippen LogP contribution >= 0.6 is 11.6 Å². The van der Waals surface area contributed by atoms with Crippen molar-refractivity contribution in [3.8, 4) is 0 Å². The minimum absolute atomic E-state index is 0.196. The molecule has 0 fully saturated rings. The number of halogens is 1. The lowest BCUT2D eigenvalue weighted by Gasteiger charge is -2.01. The molecule has 1 heterocycles. The molecule has 0 aliphatic heterocycles. The molecule has 0 radical (unpaired) electrons. The lowest BCUT2D eigenvalue weighted by molar-refractivity contribution is 0.202. The highest BCUT2D eigenvalue weighted by Crippen LogP contribution is 2.12. The number of methoxy groups -OCH3 is 1. The maximum absolute atomic E-state index is 5.78. The fraction of sp³-hybridized carbons (Fsp3) is 0.429. The van der Waals surface area contributed by atoms with Gasteiger partial charge in [0, 0.05) is 25.3 Å². The quantitative estimate of drug-likeness (QED) is 0.715. The zero-order chi connectivity index (χ0) is 8.97. The second-order valence-electron chi connectivity index (χ2n) is 2.29. The summed E-state index contributed by atoms with van der Waals surface area (Å²) < 4.78 is 4.89. The third-order valence-corrected chi connectivity index (χ3v) is 1.73. The van der Waals surface area contributed by atoms with Gasteiger partial charge in [-0.2, -0.15) is 0 Å². The Bertz CT molecular complexity index is 267. The standard InChI is InChI=1S/C7H10ClN3O/c1-12-3-2-5-4-10-7(9)11-6(5)8/h4H,2-3H2,1H3,(H2,9,10,11). The molecule has 1 aromatic rings. The second kappa shape index (κ2) is 4.23. The Morgan fingerprint density at radius 3 is 3.00 bits per heavy atom. The van der Waals surface area contributed by atoms with Crippen molar-refractivity contribution >= 4 is 17.5 Å². The van der Waals surface area contributed by atoms with Crippen LogP contribution in [0.25, 0.3) is 0 Å². The smallest absolute Gasteiger partial charge is 0.221 e. The third kappa shape index (κ3) is 2.32. The summed E-state index contributed by atoms with van der Waals surface area (Å²) in [6.45, 7) is 0.604. The molecular formula is C7H10ClN3O. The minimum Gasteiger partial charge on any atom is -0.384 e. The van der Waals surface area contributed by atoms with Crippen LogP contribution in [0.3, 0.4) is 0 Å². The van der Waals surface area contributed by atoms with E-state index in [9.17, 15) is 0 Å². The fourth-order valence-electron chi connectivity index (χ4n) is 0.778. The first-order valence-electron chi connectivity index (χ1n) is 3.50. The van der Waals surface area contributed by atoms with Gasteiger partial charge in [0.1, 0.15) is 5.15 Å². The molecular weight excluding hydrogens is 178 g/mol. The number of nitrogens with zero attached hydrogens (tertiary/aromatic N) is 2. The molecule has 1 rings (SSSR count). The number of rotatable bonds is 3. The Hall–Kier alpha value is -0.870. The lowest BCUT2D eigenvalue weighted by atomic mass is 10.2. The summed E-state index contributed by atoms with van der Waals surface area (Å²) in [5.41, 5.74) is 6.17. The molecule has 0 spiro atoms. The van der Waals surface area contributed by atoms with Gasteiger partial charge in [0.15, 0.2) is 0 Å². The highest BCUT2D eigenvalue weighted by Gasteiger charge is 2.02. The first-order chi connectivity index (χ1) is 5.74. The molecule has 0 aliphatic carbocycles.